The van der Waals surface area contributed by atoms with Gasteiger partial charge in [-0.3, -0.25) is 14.4 Å². The van der Waals surface area contributed by atoms with Crippen LogP contribution in [0.2, 0.25) is 0 Å². The number of hydrogen-bond donors (Lipinski definition) is 3. The van der Waals surface area contributed by atoms with Crippen molar-refractivity contribution in [1.82, 2.24) is 25.1 Å². The maximum atomic E-state index is 14.0. The van der Waals surface area contributed by atoms with Crippen molar-refractivity contribution in [3.8, 4) is 0 Å². The fourth-order valence-electron chi connectivity index (χ4n) is 5.55. The number of carbonyl (C=O) groups excluding carboxylic acids is 5. The van der Waals surface area contributed by atoms with Gasteiger partial charge in [0.15, 0.2) is 5.82 Å². The second-order valence-corrected chi connectivity index (χ2v) is 13.9. The highest BCUT2D eigenvalue weighted by Gasteiger charge is 2.39. The number of amides is 4. The first-order chi connectivity index (χ1) is 24.2. The average Bonchev–Trinajstić information content (AvgIpc) is 3.76. The Kier molecular flexibility index (Phi) is 12.9. The van der Waals surface area contributed by atoms with Gasteiger partial charge in [0.1, 0.15) is 29.3 Å². The fraction of sp³-hybridized carbons (Fsp3) is 0.459. The first-order valence-electron chi connectivity index (χ1n) is 16.9. The van der Waals surface area contributed by atoms with Gasteiger partial charge in [0.25, 0.3) is 5.91 Å². The molecule has 3 aromatic rings. The number of nitrogens with one attached hydrogen (secondary N) is 3. The molecular weight excluding hydrogens is 656 g/mol. The van der Waals surface area contributed by atoms with E-state index in [0.717, 1.165) is 11.1 Å². The Morgan fingerprint density at radius 2 is 1.59 bits per heavy atom. The van der Waals surface area contributed by atoms with E-state index in [2.05, 4.69) is 20.9 Å². The second-order valence-electron chi connectivity index (χ2n) is 13.9. The van der Waals surface area contributed by atoms with Crippen molar-refractivity contribution in [2.75, 3.05) is 25.6 Å². The first-order valence-corrected chi connectivity index (χ1v) is 16.9. The van der Waals surface area contributed by atoms with Gasteiger partial charge in [-0.15, -0.1) is 0 Å². The minimum atomic E-state index is -1.45. The quantitative estimate of drug-likeness (QED) is 0.212. The van der Waals surface area contributed by atoms with Crippen molar-refractivity contribution in [1.29, 1.82) is 0 Å². The molecule has 1 aliphatic rings. The van der Waals surface area contributed by atoms with Crippen LogP contribution < -0.4 is 16.0 Å². The monoisotopic (exact) mass is 704 g/mol. The third-order valence-corrected chi connectivity index (χ3v) is 8.18. The van der Waals surface area contributed by atoms with E-state index >= 15 is 0 Å². The Balaban J connectivity index is 1.53. The van der Waals surface area contributed by atoms with Gasteiger partial charge in [0, 0.05) is 19.2 Å². The molecule has 1 fully saturated rings. The minimum Gasteiger partial charge on any atom is -0.467 e. The summed E-state index contributed by atoms with van der Waals surface area (Å²) in [6.45, 7) is 8.48. The van der Waals surface area contributed by atoms with E-state index in [4.69, 9.17) is 14.2 Å². The van der Waals surface area contributed by atoms with Crippen LogP contribution in [0.3, 0.4) is 0 Å². The number of ether oxygens (including phenoxy) is 3. The molecule has 274 valence electrons. The summed E-state index contributed by atoms with van der Waals surface area (Å²) in [7, 11) is 1.30. The number of imidazole rings is 1. The molecule has 0 bridgehead atoms. The Morgan fingerprint density at radius 1 is 0.941 bits per heavy atom. The molecule has 1 aromatic heterocycles. The summed E-state index contributed by atoms with van der Waals surface area (Å²) < 4.78 is 17.7. The molecule has 3 N–H and O–H groups in total. The Labute approximate surface area is 298 Å². The molecule has 3 atom stereocenters. The first kappa shape index (κ1) is 38.6. The van der Waals surface area contributed by atoms with Crippen molar-refractivity contribution in [3.63, 3.8) is 0 Å². The molecule has 0 radical (unpaired) electrons. The number of esters is 1. The SMILES string of the molecule is COC(=O)C1CCCN1C(=O)C(Cc1ccccc1)n1cnc(NC(=O)C(COCc2ccccc2)NC(=O)C(C)(C)NC(=O)OC(C)(C)C)c1. The van der Waals surface area contributed by atoms with E-state index in [1.165, 1.54) is 33.5 Å². The van der Waals surface area contributed by atoms with E-state index in [9.17, 15) is 24.0 Å². The number of aromatic nitrogens is 2. The molecule has 1 saturated heterocycles. The van der Waals surface area contributed by atoms with Crippen LogP contribution in [0.15, 0.2) is 73.2 Å². The second kappa shape index (κ2) is 17.1. The zero-order chi connectivity index (χ0) is 37.2. The zero-order valence-corrected chi connectivity index (χ0v) is 30.0. The van der Waals surface area contributed by atoms with Crippen molar-refractivity contribution in [2.45, 2.75) is 89.8 Å². The van der Waals surface area contributed by atoms with Gasteiger partial charge >= 0.3 is 12.1 Å². The van der Waals surface area contributed by atoms with E-state index in [1.54, 1.807) is 30.2 Å². The topological polar surface area (TPSA) is 170 Å². The van der Waals surface area contributed by atoms with Crippen molar-refractivity contribution in [2.24, 2.45) is 0 Å². The lowest BCUT2D eigenvalue weighted by Crippen LogP contribution is -2.59. The van der Waals surface area contributed by atoms with Crippen LogP contribution in [0, 0.1) is 0 Å². The van der Waals surface area contributed by atoms with Gasteiger partial charge in [0.2, 0.25) is 11.8 Å². The van der Waals surface area contributed by atoms with Gasteiger partial charge in [-0.2, -0.15) is 0 Å². The number of rotatable bonds is 14. The highest BCUT2D eigenvalue weighted by molar-refractivity contribution is 5.98. The molecule has 51 heavy (non-hydrogen) atoms. The lowest BCUT2D eigenvalue weighted by Gasteiger charge is -2.29. The summed E-state index contributed by atoms with van der Waals surface area (Å²) in [5.41, 5.74) is -0.472. The summed E-state index contributed by atoms with van der Waals surface area (Å²) in [4.78, 5) is 72.0. The summed E-state index contributed by atoms with van der Waals surface area (Å²) >= 11 is 0. The van der Waals surface area contributed by atoms with Crippen LogP contribution in [0.25, 0.3) is 0 Å². The number of methoxy groups -OCH3 is 1. The molecule has 14 heteroatoms. The van der Waals surface area contributed by atoms with Gasteiger partial charge < -0.3 is 39.6 Å². The smallest absolute Gasteiger partial charge is 0.408 e. The standard InChI is InChI=1S/C37H48N6O8/c1-36(2,3)51-35(48)41-37(4,5)34(47)39-27(23-50-22-26-16-11-8-12-17-26)31(44)40-30-21-42(24-38-30)29(20-25-14-9-7-10-15-25)32(45)43-19-13-18-28(43)33(46)49-6/h7-12,14-17,21,24,27-29H,13,18-20,22-23H2,1-6H3,(H,39,47)(H,40,44)(H,41,48). The van der Waals surface area contributed by atoms with E-state index in [0.29, 0.717) is 25.8 Å². The van der Waals surface area contributed by atoms with Crippen molar-refractivity contribution in [3.05, 3.63) is 84.3 Å². The molecule has 1 aliphatic heterocycles. The third kappa shape index (κ3) is 11.1. The Hall–Kier alpha value is -5.24. The normalized spacial score (nSPS) is 15.7. The average molecular weight is 705 g/mol. The number of alkyl carbamates (subject to hydrolysis) is 1. The molecular formula is C37H48N6O8. The van der Waals surface area contributed by atoms with Gasteiger partial charge in [0.05, 0.1) is 26.7 Å². The molecule has 14 nitrogen and oxygen atoms in total. The molecule has 0 spiro atoms. The number of nitrogens with zero attached hydrogens (tertiary/aromatic N) is 3. The molecule has 0 saturated carbocycles. The summed E-state index contributed by atoms with van der Waals surface area (Å²) in [6, 6.07) is 16.1. The molecule has 4 amide bonds. The van der Waals surface area contributed by atoms with Crippen LogP contribution >= 0.6 is 0 Å². The molecule has 2 aromatic carbocycles. The van der Waals surface area contributed by atoms with Crippen LogP contribution in [0.5, 0.6) is 0 Å². The lowest BCUT2D eigenvalue weighted by atomic mass is 10.0. The highest BCUT2D eigenvalue weighted by Crippen LogP contribution is 2.26. The number of hydrogen-bond acceptors (Lipinski definition) is 9. The van der Waals surface area contributed by atoms with E-state index in [-0.39, 0.29) is 24.9 Å². The van der Waals surface area contributed by atoms with Gasteiger partial charge in [-0.1, -0.05) is 60.7 Å². The van der Waals surface area contributed by atoms with Crippen LogP contribution in [-0.4, -0.2) is 87.7 Å². The van der Waals surface area contributed by atoms with Crippen molar-refractivity contribution < 1.29 is 38.2 Å². The Bertz CT molecular complexity index is 1650. The predicted octanol–water partition coefficient (Wildman–Crippen LogP) is 3.77. The van der Waals surface area contributed by atoms with Crippen LogP contribution in [0.1, 0.15) is 64.6 Å². The number of benzene rings is 2. The highest BCUT2D eigenvalue weighted by atomic mass is 16.6. The maximum absolute atomic E-state index is 14.0. The molecule has 3 unspecified atom stereocenters. The zero-order valence-electron chi connectivity index (χ0n) is 30.0. The van der Waals surface area contributed by atoms with Gasteiger partial charge in [-0.25, -0.2) is 14.6 Å². The third-order valence-electron chi connectivity index (χ3n) is 8.18. The number of anilines is 1. The van der Waals surface area contributed by atoms with E-state index < -0.39 is 53.1 Å². The summed E-state index contributed by atoms with van der Waals surface area (Å²) in [5, 5.41) is 7.96. The minimum absolute atomic E-state index is 0.130. The number of carbonyl (C=O) groups is 5. The van der Waals surface area contributed by atoms with Crippen LogP contribution in [-0.2, 0) is 46.4 Å². The molecule has 0 aliphatic carbocycles. The largest absolute Gasteiger partial charge is 0.467 e. The van der Waals surface area contributed by atoms with Crippen molar-refractivity contribution >= 4 is 35.6 Å². The fourth-order valence-corrected chi connectivity index (χ4v) is 5.55. The van der Waals surface area contributed by atoms with Crippen LogP contribution in [0.4, 0.5) is 10.6 Å². The van der Waals surface area contributed by atoms with Gasteiger partial charge in [-0.05, 0) is 58.6 Å². The molecule has 4 rings (SSSR count). The van der Waals surface area contributed by atoms with E-state index in [1.807, 2.05) is 60.7 Å². The summed E-state index contributed by atoms with van der Waals surface area (Å²) in [5.74, 6) is -1.90. The maximum Gasteiger partial charge on any atom is 0.408 e. The Morgan fingerprint density at radius 3 is 2.22 bits per heavy atom. The lowest BCUT2D eigenvalue weighted by molar-refractivity contribution is -0.152. The summed E-state index contributed by atoms with van der Waals surface area (Å²) in [6.07, 6.45) is 3.66. The molecule has 2 heterocycles. The predicted molar refractivity (Wildman–Crippen MR) is 188 cm³/mol. The number of likely N-dealkylation sites (tertiary alicyclic amines) is 1.